The number of hydrogen-bond acceptors (Lipinski definition) is 6. The fourth-order valence-corrected chi connectivity index (χ4v) is 3.12. The number of benzene rings is 1. The van der Waals surface area contributed by atoms with Crippen LogP contribution in [0.3, 0.4) is 0 Å². The van der Waals surface area contributed by atoms with Crippen LogP contribution in [0.2, 0.25) is 0 Å². The number of ether oxygens (including phenoxy) is 1. The van der Waals surface area contributed by atoms with Crippen molar-refractivity contribution in [3.05, 3.63) is 40.3 Å². The summed E-state index contributed by atoms with van der Waals surface area (Å²) in [6.45, 7) is 2.73. The summed E-state index contributed by atoms with van der Waals surface area (Å²) in [5.41, 5.74) is 0.858. The van der Waals surface area contributed by atoms with E-state index in [1.54, 1.807) is 18.2 Å². The Hall–Kier alpha value is -2.12. The van der Waals surface area contributed by atoms with E-state index >= 15 is 0 Å². The molecule has 1 aromatic rings. The molecule has 0 spiro atoms. The lowest BCUT2D eigenvalue weighted by atomic mass is 10.1. The molecule has 0 saturated carbocycles. The fraction of sp³-hybridized carbons (Fsp3) is 0.267. The number of carbonyl (C=O) groups is 2. The average molecular weight is 317 g/mol. The maximum Gasteiger partial charge on any atom is 0.286 e. The second-order valence-corrected chi connectivity index (χ2v) is 5.83. The first-order valence-electron chi connectivity index (χ1n) is 6.80. The maximum absolute atomic E-state index is 12.0. The highest BCUT2D eigenvalue weighted by Gasteiger charge is 2.26. The molecule has 2 aliphatic rings. The third-order valence-electron chi connectivity index (χ3n) is 3.33. The van der Waals surface area contributed by atoms with E-state index in [1.807, 2.05) is 4.90 Å². The van der Waals surface area contributed by atoms with Crippen LogP contribution in [0, 0.1) is 0 Å². The zero-order valence-corrected chi connectivity index (χ0v) is 12.5. The van der Waals surface area contributed by atoms with Gasteiger partial charge in [0.25, 0.3) is 5.91 Å². The normalized spacial score (nSPS) is 20.4. The molecule has 1 saturated heterocycles. The number of carbonyl (C=O) groups excluding carboxylic acids is 2. The van der Waals surface area contributed by atoms with Gasteiger partial charge in [0.2, 0.25) is 0 Å². The summed E-state index contributed by atoms with van der Waals surface area (Å²) in [4.78, 5) is 29.3. The van der Waals surface area contributed by atoms with Gasteiger partial charge in [0.05, 0.1) is 24.1 Å². The summed E-state index contributed by atoms with van der Waals surface area (Å²) < 4.78 is 5.28. The second-order valence-electron chi connectivity index (χ2n) is 4.82. The van der Waals surface area contributed by atoms with Gasteiger partial charge >= 0.3 is 0 Å². The predicted octanol–water partition coefficient (Wildman–Crippen LogP) is 0.353. The van der Waals surface area contributed by atoms with Gasteiger partial charge in [-0.1, -0.05) is 24.3 Å². The van der Waals surface area contributed by atoms with Crippen LogP contribution in [0.4, 0.5) is 0 Å². The molecular weight excluding hydrogens is 304 g/mol. The molecule has 22 heavy (non-hydrogen) atoms. The van der Waals surface area contributed by atoms with Gasteiger partial charge in [-0.15, -0.1) is 0 Å². The van der Waals surface area contributed by atoms with E-state index in [4.69, 9.17) is 4.74 Å². The maximum atomic E-state index is 12.0. The SMILES string of the molecule is O=C1N=C(N2CCOCC2)S/C1=C/c1ccc(C(=O)[O-])cc1. The zero-order chi connectivity index (χ0) is 15.5. The number of hydrogen-bond donors (Lipinski definition) is 0. The molecule has 0 aliphatic carbocycles. The number of aromatic carboxylic acids is 1. The number of morpholine rings is 1. The van der Waals surface area contributed by atoms with Crippen molar-refractivity contribution < 1.29 is 19.4 Å². The highest BCUT2D eigenvalue weighted by atomic mass is 32.2. The number of nitrogens with zero attached hydrogens (tertiary/aromatic N) is 2. The second kappa shape index (κ2) is 6.33. The van der Waals surface area contributed by atoms with Gasteiger partial charge < -0.3 is 19.5 Å². The summed E-state index contributed by atoms with van der Waals surface area (Å²) in [7, 11) is 0. The van der Waals surface area contributed by atoms with Crippen molar-refractivity contribution in [2.75, 3.05) is 26.3 Å². The smallest absolute Gasteiger partial charge is 0.286 e. The molecule has 6 nitrogen and oxygen atoms in total. The number of rotatable bonds is 2. The van der Waals surface area contributed by atoms with Crippen LogP contribution in [0.15, 0.2) is 34.2 Å². The van der Waals surface area contributed by atoms with E-state index in [2.05, 4.69) is 4.99 Å². The molecule has 1 amide bonds. The third kappa shape index (κ3) is 3.20. The van der Waals surface area contributed by atoms with Crippen LogP contribution in [0.1, 0.15) is 15.9 Å². The molecule has 0 bridgehead atoms. The Bertz CT molecular complexity index is 661. The van der Waals surface area contributed by atoms with Crippen molar-refractivity contribution in [2.45, 2.75) is 0 Å². The molecule has 0 radical (unpaired) electrons. The molecule has 1 aromatic carbocycles. The Labute approximate surface area is 131 Å². The molecule has 0 N–H and O–H groups in total. The van der Waals surface area contributed by atoms with Gasteiger partial charge in [-0.05, 0) is 29.0 Å². The van der Waals surface area contributed by atoms with Crippen molar-refractivity contribution in [1.82, 2.24) is 4.90 Å². The van der Waals surface area contributed by atoms with Crippen LogP contribution in [-0.2, 0) is 9.53 Å². The molecule has 0 atom stereocenters. The highest BCUT2D eigenvalue weighted by Crippen LogP contribution is 2.30. The molecular formula is C15H13N2O4S-. The molecule has 1 fully saturated rings. The van der Waals surface area contributed by atoms with Crippen molar-refractivity contribution in [3.8, 4) is 0 Å². The topological polar surface area (TPSA) is 82.0 Å². The quantitative estimate of drug-likeness (QED) is 0.732. The fourth-order valence-electron chi connectivity index (χ4n) is 2.15. The first-order valence-corrected chi connectivity index (χ1v) is 7.62. The molecule has 0 aromatic heterocycles. The lowest BCUT2D eigenvalue weighted by Gasteiger charge is -2.27. The Morgan fingerprint density at radius 3 is 2.59 bits per heavy atom. The predicted molar refractivity (Wildman–Crippen MR) is 81.2 cm³/mol. The van der Waals surface area contributed by atoms with Crippen molar-refractivity contribution in [1.29, 1.82) is 0 Å². The average Bonchev–Trinajstić information content (AvgIpc) is 2.90. The summed E-state index contributed by atoms with van der Waals surface area (Å²) >= 11 is 1.33. The number of amidine groups is 1. The number of carboxylic acids is 1. The summed E-state index contributed by atoms with van der Waals surface area (Å²) in [6.07, 6.45) is 1.71. The van der Waals surface area contributed by atoms with E-state index in [1.165, 1.54) is 23.9 Å². The minimum atomic E-state index is -1.22. The van der Waals surface area contributed by atoms with E-state index in [0.29, 0.717) is 23.3 Å². The monoisotopic (exact) mass is 317 g/mol. The number of thioether (sulfide) groups is 1. The van der Waals surface area contributed by atoms with Crippen molar-refractivity contribution in [2.24, 2.45) is 4.99 Å². The Kier molecular flexibility index (Phi) is 4.26. The van der Waals surface area contributed by atoms with E-state index in [0.717, 1.165) is 18.7 Å². The minimum absolute atomic E-state index is 0.109. The van der Waals surface area contributed by atoms with E-state index in [-0.39, 0.29) is 11.5 Å². The van der Waals surface area contributed by atoms with Crippen molar-refractivity contribution >= 4 is 34.9 Å². The molecule has 2 aliphatic heterocycles. The van der Waals surface area contributed by atoms with Crippen LogP contribution in [-0.4, -0.2) is 48.2 Å². The van der Waals surface area contributed by atoms with Gasteiger partial charge in [-0.2, -0.15) is 4.99 Å². The van der Waals surface area contributed by atoms with Crippen LogP contribution in [0.5, 0.6) is 0 Å². The minimum Gasteiger partial charge on any atom is -0.545 e. The largest absolute Gasteiger partial charge is 0.545 e. The first-order chi connectivity index (χ1) is 10.6. The summed E-state index contributed by atoms with van der Waals surface area (Å²) in [5, 5.41) is 11.4. The van der Waals surface area contributed by atoms with E-state index < -0.39 is 5.97 Å². The first kappa shape index (κ1) is 14.8. The van der Waals surface area contributed by atoms with E-state index in [9.17, 15) is 14.7 Å². The third-order valence-corrected chi connectivity index (χ3v) is 4.38. The summed E-state index contributed by atoms with van der Waals surface area (Å²) in [5.74, 6) is -1.49. The molecule has 114 valence electrons. The molecule has 7 heteroatoms. The molecule has 3 rings (SSSR count). The zero-order valence-electron chi connectivity index (χ0n) is 11.7. The standard InChI is InChI=1S/C15H14N2O4S/c18-13-12(9-10-1-3-11(4-2-10)14(19)20)22-15(16-13)17-5-7-21-8-6-17/h1-4,9H,5-8H2,(H,19,20)/p-1/b12-9+. The van der Waals surface area contributed by atoms with Crippen LogP contribution in [0.25, 0.3) is 6.08 Å². The number of amides is 1. The van der Waals surface area contributed by atoms with Crippen molar-refractivity contribution in [3.63, 3.8) is 0 Å². The number of aliphatic imine (C=N–C) groups is 1. The lowest BCUT2D eigenvalue weighted by Crippen LogP contribution is -2.38. The van der Waals surface area contributed by atoms with Crippen LogP contribution >= 0.6 is 11.8 Å². The Morgan fingerprint density at radius 1 is 1.27 bits per heavy atom. The van der Waals surface area contributed by atoms with Gasteiger partial charge in [0.1, 0.15) is 0 Å². The summed E-state index contributed by atoms with van der Waals surface area (Å²) in [6, 6.07) is 6.18. The van der Waals surface area contributed by atoms with Gasteiger partial charge in [0, 0.05) is 13.1 Å². The van der Waals surface area contributed by atoms with Gasteiger partial charge in [-0.25, -0.2) is 0 Å². The highest BCUT2D eigenvalue weighted by molar-refractivity contribution is 8.18. The van der Waals surface area contributed by atoms with Gasteiger partial charge in [-0.3, -0.25) is 4.79 Å². The van der Waals surface area contributed by atoms with Gasteiger partial charge in [0.15, 0.2) is 5.17 Å². The van der Waals surface area contributed by atoms with Crippen LogP contribution < -0.4 is 5.11 Å². The number of carboxylic acid groups (broad SMARTS) is 1. The lowest BCUT2D eigenvalue weighted by molar-refractivity contribution is -0.255. The molecule has 0 unspecified atom stereocenters. The Morgan fingerprint density at radius 2 is 1.95 bits per heavy atom. The molecule has 2 heterocycles. The Balaban J connectivity index is 1.73.